The van der Waals surface area contributed by atoms with Crippen molar-refractivity contribution in [3.05, 3.63) is 72.8 Å². The first-order valence-electron chi connectivity index (χ1n) is 9.79. The van der Waals surface area contributed by atoms with Crippen molar-refractivity contribution in [2.45, 2.75) is 40.0 Å². The second-order valence-electron chi connectivity index (χ2n) is 7.36. The molecule has 0 fully saturated rings. The van der Waals surface area contributed by atoms with Crippen LogP contribution in [0.2, 0.25) is 0 Å². The van der Waals surface area contributed by atoms with Crippen molar-refractivity contribution < 1.29 is 9.18 Å². The molecule has 0 aliphatic carbocycles. The summed E-state index contributed by atoms with van der Waals surface area (Å²) in [5.74, 6) is 0.0432. The number of thiophene rings is 1. The lowest BCUT2D eigenvalue weighted by molar-refractivity contribution is -0.116. The predicted molar refractivity (Wildman–Crippen MR) is 123 cm³/mol. The van der Waals surface area contributed by atoms with E-state index in [0.29, 0.717) is 34.0 Å². The third-order valence-corrected chi connectivity index (χ3v) is 7.27. The summed E-state index contributed by atoms with van der Waals surface area (Å²) in [6, 6.07) is 6.35. The Balaban J connectivity index is 1.39. The van der Waals surface area contributed by atoms with E-state index in [4.69, 9.17) is 0 Å². The number of nitrogens with zero attached hydrogens (tertiary/aromatic N) is 2. The maximum atomic E-state index is 13.1. The Morgan fingerprint density at radius 1 is 1.13 bits per heavy atom. The Kier molecular flexibility index (Phi) is 5.97. The number of hydrogen-bond acceptors (Lipinski definition) is 6. The standard InChI is InChI=1S/C22H21FN4O2S2/c1-11-13(3)30-21-19(11)20(29)25-17(26-21)8-9-18(28)27-22-24-12(2)16(31-22)10-14-4-6-15(23)7-5-14/h4-7H,8-10H2,1-3H3,(H,24,27,28)(H,25,26,29). The number of H-pyrrole nitrogens is 1. The SMILES string of the molecule is Cc1nc(NC(=O)CCc2nc3sc(C)c(C)c3c(=O)[nH]2)sc1Cc1ccc(F)cc1. The van der Waals surface area contributed by atoms with Crippen molar-refractivity contribution in [3.63, 3.8) is 0 Å². The van der Waals surface area contributed by atoms with Crippen LogP contribution in [-0.4, -0.2) is 20.9 Å². The van der Waals surface area contributed by atoms with E-state index in [2.05, 4.69) is 20.3 Å². The zero-order valence-electron chi connectivity index (χ0n) is 17.3. The van der Waals surface area contributed by atoms with Crippen molar-refractivity contribution in [2.75, 3.05) is 5.32 Å². The molecular weight excluding hydrogens is 435 g/mol. The summed E-state index contributed by atoms with van der Waals surface area (Å²) in [6.45, 7) is 5.77. The third-order valence-electron chi connectivity index (χ3n) is 5.09. The average Bonchev–Trinajstić information content (AvgIpc) is 3.20. The molecule has 2 N–H and O–H groups in total. The van der Waals surface area contributed by atoms with Gasteiger partial charge in [0.25, 0.3) is 5.56 Å². The molecule has 0 aliphatic heterocycles. The van der Waals surface area contributed by atoms with Crippen LogP contribution in [0.15, 0.2) is 29.1 Å². The molecule has 9 heteroatoms. The van der Waals surface area contributed by atoms with Gasteiger partial charge < -0.3 is 10.3 Å². The zero-order valence-corrected chi connectivity index (χ0v) is 19.0. The number of aryl methyl sites for hydroxylation is 4. The number of halogens is 1. The minimum Gasteiger partial charge on any atom is -0.310 e. The molecule has 1 amide bonds. The van der Waals surface area contributed by atoms with Gasteiger partial charge in [-0.05, 0) is 44.0 Å². The van der Waals surface area contributed by atoms with E-state index in [1.807, 2.05) is 20.8 Å². The molecule has 0 saturated heterocycles. The Morgan fingerprint density at radius 2 is 1.87 bits per heavy atom. The predicted octanol–water partition coefficient (Wildman–Crippen LogP) is 4.67. The molecule has 4 aromatic rings. The van der Waals surface area contributed by atoms with Crippen LogP contribution in [-0.2, 0) is 17.6 Å². The number of fused-ring (bicyclic) bond motifs is 1. The van der Waals surface area contributed by atoms with E-state index < -0.39 is 0 Å². The molecule has 0 radical (unpaired) electrons. The van der Waals surface area contributed by atoms with E-state index in [1.54, 1.807) is 12.1 Å². The highest BCUT2D eigenvalue weighted by molar-refractivity contribution is 7.18. The molecule has 0 bridgehead atoms. The minimum atomic E-state index is -0.267. The normalized spacial score (nSPS) is 11.2. The number of aromatic amines is 1. The van der Waals surface area contributed by atoms with Gasteiger partial charge in [-0.15, -0.1) is 22.7 Å². The quantitative estimate of drug-likeness (QED) is 0.441. The lowest BCUT2D eigenvalue weighted by atomic mass is 10.1. The van der Waals surface area contributed by atoms with Crippen LogP contribution in [0.4, 0.5) is 9.52 Å². The summed E-state index contributed by atoms with van der Waals surface area (Å²) in [7, 11) is 0. The maximum absolute atomic E-state index is 13.1. The molecule has 4 rings (SSSR count). The second kappa shape index (κ2) is 8.68. The number of nitrogens with one attached hydrogen (secondary N) is 2. The third kappa shape index (κ3) is 4.72. The van der Waals surface area contributed by atoms with Crippen LogP contribution >= 0.6 is 22.7 Å². The van der Waals surface area contributed by atoms with Crippen LogP contribution < -0.4 is 10.9 Å². The van der Waals surface area contributed by atoms with E-state index in [9.17, 15) is 14.0 Å². The number of carbonyl (C=O) groups is 1. The maximum Gasteiger partial charge on any atom is 0.259 e. The highest BCUT2D eigenvalue weighted by atomic mass is 32.1. The number of aromatic nitrogens is 3. The van der Waals surface area contributed by atoms with E-state index in [1.165, 1.54) is 34.8 Å². The van der Waals surface area contributed by atoms with Gasteiger partial charge >= 0.3 is 0 Å². The number of benzene rings is 1. The molecule has 0 unspecified atom stereocenters. The number of anilines is 1. The second-order valence-corrected chi connectivity index (χ2v) is 9.64. The Bertz CT molecular complexity index is 1320. The van der Waals surface area contributed by atoms with Gasteiger partial charge in [-0.25, -0.2) is 14.4 Å². The fraction of sp³-hybridized carbons (Fsp3) is 0.273. The van der Waals surface area contributed by atoms with Crippen LogP contribution in [0.25, 0.3) is 10.2 Å². The van der Waals surface area contributed by atoms with Gasteiger partial charge in [0.15, 0.2) is 5.13 Å². The smallest absolute Gasteiger partial charge is 0.259 e. The molecule has 0 spiro atoms. The van der Waals surface area contributed by atoms with Gasteiger partial charge in [0.1, 0.15) is 16.5 Å². The average molecular weight is 457 g/mol. The van der Waals surface area contributed by atoms with Crippen molar-refractivity contribution >= 4 is 43.9 Å². The molecular formula is C22H21FN4O2S2. The fourth-order valence-electron chi connectivity index (χ4n) is 3.26. The zero-order chi connectivity index (χ0) is 22.1. The van der Waals surface area contributed by atoms with Crippen molar-refractivity contribution in [3.8, 4) is 0 Å². The van der Waals surface area contributed by atoms with Crippen LogP contribution in [0.5, 0.6) is 0 Å². The summed E-state index contributed by atoms with van der Waals surface area (Å²) < 4.78 is 13.1. The monoisotopic (exact) mass is 456 g/mol. The first-order chi connectivity index (χ1) is 14.8. The summed E-state index contributed by atoms with van der Waals surface area (Å²) in [6.07, 6.45) is 1.15. The lowest BCUT2D eigenvalue weighted by Gasteiger charge is -2.02. The van der Waals surface area contributed by atoms with Gasteiger partial charge in [0, 0.05) is 29.0 Å². The Hall–Kier alpha value is -2.91. The number of thiazole rings is 1. The first kappa shape index (κ1) is 21.3. The number of rotatable bonds is 6. The minimum absolute atomic E-state index is 0.164. The van der Waals surface area contributed by atoms with E-state index >= 15 is 0 Å². The Morgan fingerprint density at radius 3 is 2.61 bits per heavy atom. The summed E-state index contributed by atoms with van der Waals surface area (Å²) in [5.41, 5.74) is 2.61. The molecule has 3 heterocycles. The molecule has 6 nitrogen and oxygen atoms in total. The molecule has 3 aromatic heterocycles. The molecule has 0 atom stereocenters. The van der Waals surface area contributed by atoms with E-state index in [0.717, 1.165) is 26.6 Å². The summed E-state index contributed by atoms with van der Waals surface area (Å²) in [5, 5.41) is 3.98. The summed E-state index contributed by atoms with van der Waals surface area (Å²) >= 11 is 2.90. The van der Waals surface area contributed by atoms with Gasteiger partial charge in [0.2, 0.25) is 5.91 Å². The highest BCUT2D eigenvalue weighted by Gasteiger charge is 2.14. The lowest BCUT2D eigenvalue weighted by Crippen LogP contribution is -2.16. The Labute approximate surface area is 186 Å². The van der Waals surface area contributed by atoms with Gasteiger partial charge in [-0.1, -0.05) is 12.1 Å². The molecule has 160 valence electrons. The number of amides is 1. The van der Waals surface area contributed by atoms with Crippen LogP contribution in [0, 0.1) is 26.6 Å². The van der Waals surface area contributed by atoms with Gasteiger partial charge in [0.05, 0.1) is 11.1 Å². The van der Waals surface area contributed by atoms with Crippen molar-refractivity contribution in [1.29, 1.82) is 0 Å². The molecule has 0 saturated carbocycles. The first-order valence-corrected chi connectivity index (χ1v) is 11.4. The topological polar surface area (TPSA) is 87.7 Å². The van der Waals surface area contributed by atoms with Gasteiger partial charge in [-0.3, -0.25) is 9.59 Å². The van der Waals surface area contributed by atoms with Gasteiger partial charge in [-0.2, -0.15) is 0 Å². The summed E-state index contributed by atoms with van der Waals surface area (Å²) in [4.78, 5) is 39.3. The van der Waals surface area contributed by atoms with Crippen LogP contribution in [0.1, 0.15) is 38.8 Å². The highest BCUT2D eigenvalue weighted by Crippen LogP contribution is 2.27. The van der Waals surface area contributed by atoms with Crippen molar-refractivity contribution in [1.82, 2.24) is 15.0 Å². The van der Waals surface area contributed by atoms with Crippen LogP contribution in [0.3, 0.4) is 0 Å². The molecule has 0 aliphatic rings. The number of carbonyl (C=O) groups excluding carboxylic acids is 1. The largest absolute Gasteiger partial charge is 0.310 e. The molecule has 31 heavy (non-hydrogen) atoms. The van der Waals surface area contributed by atoms with E-state index in [-0.39, 0.29) is 23.7 Å². The van der Waals surface area contributed by atoms with Crippen molar-refractivity contribution in [2.24, 2.45) is 0 Å². The number of hydrogen-bond donors (Lipinski definition) is 2. The fourth-order valence-corrected chi connectivity index (χ4v) is 5.33. The molecule has 1 aromatic carbocycles.